The monoisotopic (exact) mass is 448 g/mol. The molecular weight excluding hydrogens is 424 g/mol. The van der Waals surface area contributed by atoms with Gasteiger partial charge in [0.05, 0.1) is 6.20 Å². The van der Waals surface area contributed by atoms with E-state index in [0.717, 1.165) is 0 Å². The van der Waals surface area contributed by atoms with Gasteiger partial charge in [0.25, 0.3) is 11.8 Å². The molecule has 0 saturated carbocycles. The van der Waals surface area contributed by atoms with E-state index in [4.69, 9.17) is 9.47 Å². The number of hydrogen-bond donors (Lipinski definition) is 1. The zero-order chi connectivity index (χ0) is 23.6. The van der Waals surface area contributed by atoms with Crippen molar-refractivity contribution in [2.45, 2.75) is 13.8 Å². The standard InChI is InChI=1S/C24H24N4O5/c1-3-28(4-2)23(30)17-9-11-18(12-10-17)27-21(29)16-32-24(31)20-8-6-14-26-22(20)33-19-7-5-13-25-15-19/h5-15H,3-4,16H2,1-2H3,(H,27,29). The van der Waals surface area contributed by atoms with E-state index in [1.807, 2.05) is 13.8 Å². The van der Waals surface area contributed by atoms with Crippen LogP contribution in [0.1, 0.15) is 34.6 Å². The van der Waals surface area contributed by atoms with Crippen LogP contribution >= 0.6 is 0 Å². The highest BCUT2D eigenvalue weighted by atomic mass is 16.5. The van der Waals surface area contributed by atoms with Gasteiger partial charge in [-0.05, 0) is 62.4 Å². The third kappa shape index (κ3) is 6.36. The first-order valence-corrected chi connectivity index (χ1v) is 10.4. The molecule has 0 aliphatic carbocycles. The molecule has 1 N–H and O–H groups in total. The number of anilines is 1. The number of carbonyl (C=O) groups excluding carboxylic acids is 3. The smallest absolute Gasteiger partial charge is 0.344 e. The van der Waals surface area contributed by atoms with Gasteiger partial charge >= 0.3 is 5.97 Å². The molecule has 0 saturated heterocycles. The Balaban J connectivity index is 1.56. The molecule has 2 amide bonds. The molecule has 0 unspecified atom stereocenters. The lowest BCUT2D eigenvalue weighted by molar-refractivity contribution is -0.119. The molecule has 1 aromatic carbocycles. The Bertz CT molecular complexity index is 1100. The number of nitrogens with zero attached hydrogens (tertiary/aromatic N) is 3. The van der Waals surface area contributed by atoms with Crippen LogP contribution in [0, 0.1) is 0 Å². The van der Waals surface area contributed by atoms with E-state index in [1.54, 1.807) is 53.6 Å². The molecule has 2 heterocycles. The van der Waals surface area contributed by atoms with Gasteiger partial charge in [-0.3, -0.25) is 14.6 Å². The van der Waals surface area contributed by atoms with Gasteiger partial charge < -0.3 is 19.7 Å². The highest BCUT2D eigenvalue weighted by Gasteiger charge is 2.18. The summed E-state index contributed by atoms with van der Waals surface area (Å²) in [4.78, 5) is 46.8. The van der Waals surface area contributed by atoms with Crippen LogP contribution in [0.2, 0.25) is 0 Å². The summed E-state index contributed by atoms with van der Waals surface area (Å²) in [6, 6.07) is 12.9. The molecule has 9 heteroatoms. The van der Waals surface area contributed by atoms with E-state index in [0.29, 0.717) is 30.1 Å². The molecule has 0 atom stereocenters. The van der Waals surface area contributed by atoms with E-state index in [9.17, 15) is 14.4 Å². The van der Waals surface area contributed by atoms with Gasteiger partial charge in [0, 0.05) is 36.7 Å². The van der Waals surface area contributed by atoms with Gasteiger partial charge in [-0.2, -0.15) is 0 Å². The molecule has 0 radical (unpaired) electrons. The molecule has 0 aliphatic heterocycles. The number of nitrogens with one attached hydrogen (secondary N) is 1. The number of esters is 1. The lowest BCUT2D eigenvalue weighted by Gasteiger charge is -2.18. The Morgan fingerprint density at radius 2 is 1.70 bits per heavy atom. The van der Waals surface area contributed by atoms with Crippen molar-refractivity contribution in [3.05, 3.63) is 78.2 Å². The topological polar surface area (TPSA) is 111 Å². The zero-order valence-corrected chi connectivity index (χ0v) is 18.4. The normalized spacial score (nSPS) is 10.2. The molecule has 0 spiro atoms. The van der Waals surface area contributed by atoms with Crippen LogP contribution in [0.25, 0.3) is 0 Å². The summed E-state index contributed by atoms with van der Waals surface area (Å²) in [5.41, 5.74) is 1.09. The summed E-state index contributed by atoms with van der Waals surface area (Å²) in [5.74, 6) is -0.898. The molecule has 33 heavy (non-hydrogen) atoms. The lowest BCUT2D eigenvalue weighted by atomic mass is 10.2. The highest BCUT2D eigenvalue weighted by molar-refractivity contribution is 5.97. The Labute approximate surface area is 191 Å². The fourth-order valence-electron chi connectivity index (χ4n) is 2.94. The largest absolute Gasteiger partial charge is 0.452 e. The Hall–Kier alpha value is -4.27. The zero-order valence-electron chi connectivity index (χ0n) is 18.4. The van der Waals surface area contributed by atoms with Crippen molar-refractivity contribution in [2.24, 2.45) is 0 Å². The van der Waals surface area contributed by atoms with E-state index < -0.39 is 18.5 Å². The second-order valence-electron chi connectivity index (χ2n) is 6.83. The number of amides is 2. The van der Waals surface area contributed by atoms with Crippen molar-refractivity contribution in [3.8, 4) is 11.6 Å². The summed E-state index contributed by atoms with van der Waals surface area (Å²) in [5, 5.41) is 2.63. The average Bonchev–Trinajstić information content (AvgIpc) is 2.84. The molecule has 9 nitrogen and oxygen atoms in total. The van der Waals surface area contributed by atoms with Crippen LogP contribution in [0.15, 0.2) is 67.1 Å². The number of rotatable bonds is 9. The number of carbonyl (C=O) groups is 3. The summed E-state index contributed by atoms with van der Waals surface area (Å²) in [6.45, 7) is 4.56. The maximum absolute atomic E-state index is 12.5. The molecule has 170 valence electrons. The van der Waals surface area contributed by atoms with E-state index in [-0.39, 0.29) is 17.4 Å². The van der Waals surface area contributed by atoms with Gasteiger partial charge in [-0.25, -0.2) is 9.78 Å². The first-order valence-electron chi connectivity index (χ1n) is 10.4. The van der Waals surface area contributed by atoms with Crippen LogP contribution < -0.4 is 10.1 Å². The fraction of sp³-hybridized carbons (Fsp3) is 0.208. The van der Waals surface area contributed by atoms with E-state index in [2.05, 4.69) is 15.3 Å². The van der Waals surface area contributed by atoms with Crippen LogP contribution in [0.5, 0.6) is 11.6 Å². The molecule has 0 aliphatic rings. The molecule has 0 fully saturated rings. The van der Waals surface area contributed by atoms with Crippen molar-refractivity contribution in [3.63, 3.8) is 0 Å². The molecule has 0 bridgehead atoms. The van der Waals surface area contributed by atoms with Crippen molar-refractivity contribution in [2.75, 3.05) is 25.0 Å². The van der Waals surface area contributed by atoms with Crippen LogP contribution in [0.4, 0.5) is 5.69 Å². The van der Waals surface area contributed by atoms with Crippen LogP contribution in [-0.4, -0.2) is 52.3 Å². The van der Waals surface area contributed by atoms with Crippen molar-refractivity contribution >= 4 is 23.5 Å². The summed E-state index contributed by atoms with van der Waals surface area (Å²) in [7, 11) is 0. The summed E-state index contributed by atoms with van der Waals surface area (Å²) in [6.07, 6.45) is 4.55. The van der Waals surface area contributed by atoms with Crippen LogP contribution in [-0.2, 0) is 9.53 Å². The van der Waals surface area contributed by atoms with Gasteiger partial charge in [-0.15, -0.1) is 0 Å². The summed E-state index contributed by atoms with van der Waals surface area (Å²) >= 11 is 0. The van der Waals surface area contributed by atoms with Crippen molar-refractivity contribution in [1.29, 1.82) is 0 Å². The minimum absolute atomic E-state index is 0.0457. The minimum Gasteiger partial charge on any atom is -0.452 e. The quantitative estimate of drug-likeness (QED) is 0.499. The maximum Gasteiger partial charge on any atom is 0.344 e. The predicted molar refractivity (Wildman–Crippen MR) is 121 cm³/mol. The molecule has 2 aromatic heterocycles. The predicted octanol–water partition coefficient (Wildman–Crippen LogP) is 3.55. The summed E-state index contributed by atoms with van der Waals surface area (Å²) < 4.78 is 10.7. The number of hydrogen-bond acceptors (Lipinski definition) is 7. The maximum atomic E-state index is 12.5. The number of pyridine rings is 2. The van der Waals surface area contributed by atoms with E-state index >= 15 is 0 Å². The van der Waals surface area contributed by atoms with Crippen LogP contribution in [0.3, 0.4) is 0 Å². The van der Waals surface area contributed by atoms with Gasteiger partial charge in [-0.1, -0.05) is 0 Å². The first kappa shape index (κ1) is 23.4. The number of ether oxygens (including phenoxy) is 2. The number of benzene rings is 1. The number of aromatic nitrogens is 2. The fourth-order valence-corrected chi connectivity index (χ4v) is 2.94. The Kier molecular flexibility index (Phi) is 8.07. The van der Waals surface area contributed by atoms with Gasteiger partial charge in [0.1, 0.15) is 11.3 Å². The highest BCUT2D eigenvalue weighted by Crippen LogP contribution is 2.22. The van der Waals surface area contributed by atoms with Crippen molar-refractivity contribution < 1.29 is 23.9 Å². The van der Waals surface area contributed by atoms with Gasteiger partial charge in [0.15, 0.2) is 6.61 Å². The average molecular weight is 448 g/mol. The molecule has 3 aromatic rings. The minimum atomic E-state index is -0.752. The SMILES string of the molecule is CCN(CC)C(=O)c1ccc(NC(=O)COC(=O)c2cccnc2Oc2cccnc2)cc1. The third-order valence-electron chi connectivity index (χ3n) is 4.64. The third-order valence-corrected chi connectivity index (χ3v) is 4.64. The molecule has 3 rings (SSSR count). The second kappa shape index (κ2) is 11.4. The molecular formula is C24H24N4O5. The second-order valence-corrected chi connectivity index (χ2v) is 6.83. The van der Waals surface area contributed by atoms with Crippen molar-refractivity contribution in [1.82, 2.24) is 14.9 Å². The van der Waals surface area contributed by atoms with Gasteiger partial charge in [0.2, 0.25) is 5.88 Å². The van der Waals surface area contributed by atoms with E-state index in [1.165, 1.54) is 18.5 Å². The first-order chi connectivity index (χ1) is 16.0. The Morgan fingerprint density at radius 3 is 2.36 bits per heavy atom. The lowest BCUT2D eigenvalue weighted by Crippen LogP contribution is -2.30. The Morgan fingerprint density at radius 1 is 0.970 bits per heavy atom.